The van der Waals surface area contributed by atoms with E-state index in [4.69, 9.17) is 9.84 Å². The standard InChI is InChI=1S/C13H11NO4/c15-6-2-4-10-3-1-5-11(7-10)14-12(16)8-18-9-13(14)17/h1,3,5,7,15H,6,8-9H2. The van der Waals surface area contributed by atoms with Crippen molar-refractivity contribution in [2.75, 3.05) is 24.7 Å². The molecule has 1 aliphatic rings. The summed E-state index contributed by atoms with van der Waals surface area (Å²) in [6.07, 6.45) is 0. The summed E-state index contributed by atoms with van der Waals surface area (Å²) in [4.78, 5) is 24.4. The molecule has 1 saturated heterocycles. The van der Waals surface area contributed by atoms with Crippen LogP contribution in [0.2, 0.25) is 0 Å². The van der Waals surface area contributed by atoms with Gasteiger partial charge in [0, 0.05) is 5.56 Å². The Kier molecular flexibility index (Phi) is 3.72. The lowest BCUT2D eigenvalue weighted by molar-refractivity contribution is -0.138. The highest BCUT2D eigenvalue weighted by molar-refractivity contribution is 6.17. The lowest BCUT2D eigenvalue weighted by Gasteiger charge is -2.24. The molecule has 1 aliphatic heterocycles. The monoisotopic (exact) mass is 245 g/mol. The van der Waals surface area contributed by atoms with Crippen LogP contribution in [0.15, 0.2) is 24.3 Å². The molecule has 5 heteroatoms. The molecule has 0 unspecified atom stereocenters. The number of benzene rings is 1. The first-order valence-electron chi connectivity index (χ1n) is 5.35. The highest BCUT2D eigenvalue weighted by Gasteiger charge is 2.27. The van der Waals surface area contributed by atoms with E-state index in [1.165, 1.54) is 0 Å². The number of aliphatic hydroxyl groups is 1. The van der Waals surface area contributed by atoms with Crippen LogP contribution >= 0.6 is 0 Å². The fourth-order valence-electron chi connectivity index (χ4n) is 1.65. The first kappa shape index (κ1) is 12.3. The fraction of sp³-hybridized carbons (Fsp3) is 0.231. The van der Waals surface area contributed by atoms with E-state index in [1.54, 1.807) is 24.3 Å². The third-order valence-electron chi connectivity index (χ3n) is 2.37. The highest BCUT2D eigenvalue weighted by Crippen LogP contribution is 2.18. The average molecular weight is 245 g/mol. The van der Waals surface area contributed by atoms with Gasteiger partial charge in [0.05, 0.1) is 5.69 Å². The number of ether oxygens (including phenoxy) is 1. The van der Waals surface area contributed by atoms with Crippen molar-refractivity contribution in [3.8, 4) is 11.8 Å². The maximum atomic E-state index is 11.6. The Labute approximate surface area is 104 Å². The summed E-state index contributed by atoms with van der Waals surface area (Å²) in [6.45, 7) is -0.434. The van der Waals surface area contributed by atoms with Gasteiger partial charge in [0.2, 0.25) is 0 Å². The van der Waals surface area contributed by atoms with Gasteiger partial charge in [-0.1, -0.05) is 17.9 Å². The first-order valence-corrected chi connectivity index (χ1v) is 5.35. The molecular weight excluding hydrogens is 234 g/mol. The molecule has 0 radical (unpaired) electrons. The van der Waals surface area contributed by atoms with Gasteiger partial charge >= 0.3 is 0 Å². The molecule has 1 fully saturated rings. The molecular formula is C13H11NO4. The molecule has 0 aromatic heterocycles. The molecule has 2 amide bonds. The molecule has 1 N–H and O–H groups in total. The Morgan fingerprint density at radius 3 is 2.67 bits per heavy atom. The van der Waals surface area contributed by atoms with Crippen LogP contribution < -0.4 is 4.90 Å². The minimum atomic E-state index is -0.390. The van der Waals surface area contributed by atoms with Gasteiger partial charge in [0.1, 0.15) is 19.8 Å². The third-order valence-corrected chi connectivity index (χ3v) is 2.37. The molecule has 0 aliphatic carbocycles. The van der Waals surface area contributed by atoms with E-state index >= 15 is 0 Å². The van der Waals surface area contributed by atoms with Crippen molar-refractivity contribution in [3.63, 3.8) is 0 Å². The molecule has 0 saturated carbocycles. The molecule has 1 aromatic carbocycles. The van der Waals surface area contributed by atoms with Crippen LogP contribution in [0, 0.1) is 11.8 Å². The maximum absolute atomic E-state index is 11.6. The zero-order valence-corrected chi connectivity index (χ0v) is 9.55. The van der Waals surface area contributed by atoms with Crippen molar-refractivity contribution in [2.45, 2.75) is 0 Å². The predicted octanol–water partition coefficient (Wildman–Crippen LogP) is -0.0798. The van der Waals surface area contributed by atoms with Crippen molar-refractivity contribution in [1.82, 2.24) is 0 Å². The Balaban J connectivity index is 2.32. The van der Waals surface area contributed by atoms with E-state index in [-0.39, 0.29) is 19.8 Å². The lowest BCUT2D eigenvalue weighted by Crippen LogP contribution is -2.46. The van der Waals surface area contributed by atoms with Gasteiger partial charge in [-0.05, 0) is 18.2 Å². The topological polar surface area (TPSA) is 66.8 Å². The number of carbonyl (C=O) groups is 2. The van der Waals surface area contributed by atoms with Crippen molar-refractivity contribution >= 4 is 17.5 Å². The number of aliphatic hydroxyl groups excluding tert-OH is 1. The quantitative estimate of drug-likeness (QED) is 0.555. The number of morpholine rings is 1. The van der Waals surface area contributed by atoms with E-state index in [0.29, 0.717) is 11.3 Å². The Morgan fingerprint density at radius 1 is 1.28 bits per heavy atom. The Hall–Kier alpha value is -2.16. The van der Waals surface area contributed by atoms with Crippen molar-refractivity contribution in [1.29, 1.82) is 0 Å². The van der Waals surface area contributed by atoms with E-state index in [9.17, 15) is 9.59 Å². The Bertz CT molecular complexity index is 525. The third kappa shape index (κ3) is 2.56. The SMILES string of the molecule is O=C1COCC(=O)N1c1cccc(C#CCO)c1. The molecule has 0 spiro atoms. The molecule has 1 heterocycles. The number of amides is 2. The number of nitrogens with zero attached hydrogens (tertiary/aromatic N) is 1. The van der Waals surface area contributed by atoms with Crippen LogP contribution in [0.3, 0.4) is 0 Å². The summed E-state index contributed by atoms with van der Waals surface area (Å²) in [6, 6.07) is 6.73. The molecule has 1 aromatic rings. The van der Waals surface area contributed by atoms with Crippen molar-refractivity contribution < 1.29 is 19.4 Å². The molecule has 92 valence electrons. The molecule has 0 bridgehead atoms. The number of rotatable bonds is 1. The van der Waals surface area contributed by atoms with Crippen LogP contribution in [0.4, 0.5) is 5.69 Å². The summed E-state index contributed by atoms with van der Waals surface area (Å²) in [5.74, 6) is 4.45. The van der Waals surface area contributed by atoms with Crippen molar-refractivity contribution in [3.05, 3.63) is 29.8 Å². The summed E-state index contributed by atoms with van der Waals surface area (Å²) >= 11 is 0. The molecule has 0 atom stereocenters. The molecule has 2 rings (SSSR count). The van der Waals surface area contributed by atoms with Gasteiger partial charge in [-0.3, -0.25) is 9.59 Å². The lowest BCUT2D eigenvalue weighted by atomic mass is 10.2. The molecule has 18 heavy (non-hydrogen) atoms. The zero-order chi connectivity index (χ0) is 13.0. The smallest absolute Gasteiger partial charge is 0.259 e. The van der Waals surface area contributed by atoms with Gasteiger partial charge in [0.15, 0.2) is 0 Å². The predicted molar refractivity (Wildman–Crippen MR) is 63.7 cm³/mol. The summed E-state index contributed by atoms with van der Waals surface area (Å²) in [5, 5.41) is 8.62. The number of hydrogen-bond acceptors (Lipinski definition) is 4. The number of imide groups is 1. The first-order chi connectivity index (χ1) is 8.72. The van der Waals surface area contributed by atoms with Crippen LogP contribution in [-0.2, 0) is 14.3 Å². The molecule has 5 nitrogen and oxygen atoms in total. The number of hydrogen-bond donors (Lipinski definition) is 1. The van der Waals surface area contributed by atoms with E-state index in [0.717, 1.165) is 4.90 Å². The van der Waals surface area contributed by atoms with Crippen LogP contribution in [0.25, 0.3) is 0 Å². The van der Waals surface area contributed by atoms with Gasteiger partial charge in [0.25, 0.3) is 11.8 Å². The van der Waals surface area contributed by atoms with Crippen LogP contribution in [0.5, 0.6) is 0 Å². The minimum absolute atomic E-state index is 0.0989. The summed E-state index contributed by atoms with van der Waals surface area (Å²) in [5.41, 5.74) is 1.10. The largest absolute Gasteiger partial charge is 0.384 e. The Morgan fingerprint density at radius 2 is 2.00 bits per heavy atom. The van der Waals surface area contributed by atoms with E-state index < -0.39 is 11.8 Å². The van der Waals surface area contributed by atoms with Crippen LogP contribution in [0.1, 0.15) is 5.56 Å². The maximum Gasteiger partial charge on any atom is 0.259 e. The van der Waals surface area contributed by atoms with E-state index in [2.05, 4.69) is 11.8 Å². The second-order valence-corrected chi connectivity index (χ2v) is 3.63. The second-order valence-electron chi connectivity index (χ2n) is 3.63. The minimum Gasteiger partial charge on any atom is -0.384 e. The number of anilines is 1. The normalized spacial score (nSPS) is 15.3. The van der Waals surface area contributed by atoms with E-state index in [1.807, 2.05) is 0 Å². The van der Waals surface area contributed by atoms with Crippen LogP contribution in [-0.4, -0.2) is 36.7 Å². The fourth-order valence-corrected chi connectivity index (χ4v) is 1.65. The second kappa shape index (κ2) is 5.45. The summed E-state index contributed by atoms with van der Waals surface area (Å²) in [7, 11) is 0. The average Bonchev–Trinajstić information content (AvgIpc) is 2.37. The summed E-state index contributed by atoms with van der Waals surface area (Å²) < 4.78 is 4.84. The van der Waals surface area contributed by atoms with Gasteiger partial charge in [-0.2, -0.15) is 0 Å². The van der Waals surface area contributed by atoms with Gasteiger partial charge in [-0.15, -0.1) is 0 Å². The zero-order valence-electron chi connectivity index (χ0n) is 9.55. The highest BCUT2D eigenvalue weighted by atomic mass is 16.5. The van der Waals surface area contributed by atoms with Gasteiger partial charge in [-0.25, -0.2) is 4.90 Å². The van der Waals surface area contributed by atoms with Crippen molar-refractivity contribution in [2.24, 2.45) is 0 Å². The van der Waals surface area contributed by atoms with Gasteiger partial charge < -0.3 is 9.84 Å². The number of carbonyl (C=O) groups excluding carboxylic acids is 2.